The van der Waals surface area contributed by atoms with E-state index in [1.54, 1.807) is 0 Å². The lowest BCUT2D eigenvalue weighted by Crippen LogP contribution is -2.18. The predicted octanol–water partition coefficient (Wildman–Crippen LogP) is 3.98. The van der Waals surface area contributed by atoms with E-state index in [-0.39, 0.29) is 12.5 Å². The lowest BCUT2D eigenvalue weighted by molar-refractivity contribution is -0.143. The number of carboxylic acid groups (broad SMARTS) is 1. The first-order valence-electron chi connectivity index (χ1n) is 5.03. The maximum Gasteiger partial charge on any atom is 0.417 e. The number of hydrogen-bond donors (Lipinski definition) is 1. The third-order valence-electron chi connectivity index (χ3n) is 2.45. The van der Waals surface area contributed by atoms with Crippen molar-refractivity contribution < 1.29 is 36.2 Å². The van der Waals surface area contributed by atoms with Crippen LogP contribution in [0.4, 0.5) is 26.3 Å². The number of carbonyl (C=O) groups is 1. The molecule has 0 aromatic heterocycles. The number of aryl methyl sites for hydroxylation is 1. The molecular weight excluding hydrogens is 278 g/mol. The highest BCUT2D eigenvalue weighted by Gasteiger charge is 2.40. The fourth-order valence-electron chi connectivity index (χ4n) is 1.62. The SMILES string of the molecule is CCc1cc(C(F)(F)F)cc(C(F)(F)F)c1C(=O)O. The lowest BCUT2D eigenvalue weighted by Gasteiger charge is -2.17. The van der Waals surface area contributed by atoms with Crippen molar-refractivity contribution in [1.29, 1.82) is 0 Å². The van der Waals surface area contributed by atoms with Gasteiger partial charge < -0.3 is 5.11 Å². The molecule has 19 heavy (non-hydrogen) atoms. The van der Waals surface area contributed by atoms with E-state index in [1.165, 1.54) is 6.92 Å². The molecule has 0 atom stereocenters. The van der Waals surface area contributed by atoms with Crippen molar-refractivity contribution in [3.8, 4) is 0 Å². The van der Waals surface area contributed by atoms with E-state index in [4.69, 9.17) is 5.11 Å². The molecule has 2 nitrogen and oxygen atoms in total. The molecule has 0 spiro atoms. The Kier molecular flexibility index (Phi) is 3.83. The van der Waals surface area contributed by atoms with Crippen LogP contribution in [-0.4, -0.2) is 11.1 Å². The molecule has 0 aliphatic carbocycles. The highest BCUT2D eigenvalue weighted by atomic mass is 19.4. The van der Waals surface area contributed by atoms with Gasteiger partial charge in [-0.1, -0.05) is 6.92 Å². The highest BCUT2D eigenvalue weighted by molar-refractivity contribution is 5.91. The molecule has 0 amide bonds. The fourth-order valence-corrected chi connectivity index (χ4v) is 1.62. The van der Waals surface area contributed by atoms with Gasteiger partial charge in [-0.3, -0.25) is 0 Å². The fraction of sp³-hybridized carbons (Fsp3) is 0.364. The Morgan fingerprint density at radius 2 is 1.63 bits per heavy atom. The molecule has 0 unspecified atom stereocenters. The summed E-state index contributed by atoms with van der Waals surface area (Å²) in [6.07, 6.45) is -10.4. The van der Waals surface area contributed by atoms with Crippen molar-refractivity contribution >= 4 is 5.97 Å². The Hall–Kier alpha value is -1.73. The Labute approximate surface area is 103 Å². The normalized spacial score (nSPS) is 12.6. The Balaban J connectivity index is 3.70. The summed E-state index contributed by atoms with van der Waals surface area (Å²) in [7, 11) is 0. The van der Waals surface area contributed by atoms with Crippen LogP contribution in [0.15, 0.2) is 12.1 Å². The molecule has 0 heterocycles. The Bertz CT molecular complexity index is 501. The zero-order chi connectivity index (χ0) is 15.0. The maximum atomic E-state index is 12.7. The van der Waals surface area contributed by atoms with Gasteiger partial charge in [0.15, 0.2) is 0 Å². The number of halogens is 6. The molecule has 0 saturated heterocycles. The summed E-state index contributed by atoms with van der Waals surface area (Å²) in [5.41, 5.74) is -4.94. The number of rotatable bonds is 2. The monoisotopic (exact) mass is 286 g/mol. The predicted molar refractivity (Wildman–Crippen MR) is 52.8 cm³/mol. The van der Waals surface area contributed by atoms with Crippen LogP contribution in [-0.2, 0) is 18.8 Å². The van der Waals surface area contributed by atoms with Gasteiger partial charge in [0, 0.05) is 0 Å². The van der Waals surface area contributed by atoms with E-state index in [1.807, 2.05) is 0 Å². The standard InChI is InChI=1S/C11H8F6O2/c1-2-5-3-6(10(12,13)14)4-7(11(15,16)17)8(5)9(18)19/h3-4H,2H2,1H3,(H,18,19). The van der Waals surface area contributed by atoms with Gasteiger partial charge in [0.1, 0.15) is 0 Å². The van der Waals surface area contributed by atoms with Crippen LogP contribution in [0.25, 0.3) is 0 Å². The molecule has 106 valence electrons. The van der Waals surface area contributed by atoms with Crippen molar-refractivity contribution in [1.82, 2.24) is 0 Å². The summed E-state index contributed by atoms with van der Waals surface area (Å²) in [6.45, 7) is 1.28. The average Bonchev–Trinajstić information content (AvgIpc) is 2.24. The van der Waals surface area contributed by atoms with Crippen LogP contribution in [0.5, 0.6) is 0 Å². The molecular formula is C11H8F6O2. The first-order chi connectivity index (χ1) is 8.48. The summed E-state index contributed by atoms with van der Waals surface area (Å²) < 4.78 is 75.5. The number of benzene rings is 1. The van der Waals surface area contributed by atoms with Crippen molar-refractivity contribution in [2.75, 3.05) is 0 Å². The Morgan fingerprint density at radius 1 is 1.11 bits per heavy atom. The van der Waals surface area contributed by atoms with Gasteiger partial charge in [-0.25, -0.2) is 4.79 Å². The van der Waals surface area contributed by atoms with Crippen LogP contribution in [0.2, 0.25) is 0 Å². The minimum atomic E-state index is -5.17. The quantitative estimate of drug-likeness (QED) is 0.835. The number of alkyl halides is 6. The second-order valence-corrected chi connectivity index (χ2v) is 3.71. The van der Waals surface area contributed by atoms with Crippen LogP contribution < -0.4 is 0 Å². The largest absolute Gasteiger partial charge is 0.478 e. The minimum Gasteiger partial charge on any atom is -0.478 e. The topological polar surface area (TPSA) is 37.3 Å². The van der Waals surface area contributed by atoms with Gasteiger partial charge in [0.25, 0.3) is 0 Å². The molecule has 0 aliphatic rings. The summed E-state index contributed by atoms with van der Waals surface area (Å²) in [4.78, 5) is 10.8. The highest BCUT2D eigenvalue weighted by Crippen LogP contribution is 2.39. The second kappa shape index (κ2) is 4.75. The molecule has 0 radical (unpaired) electrons. The van der Waals surface area contributed by atoms with Crippen molar-refractivity contribution in [2.45, 2.75) is 25.7 Å². The smallest absolute Gasteiger partial charge is 0.417 e. The van der Waals surface area contributed by atoms with Gasteiger partial charge in [0.2, 0.25) is 0 Å². The summed E-state index contributed by atoms with van der Waals surface area (Å²) in [6, 6.07) is 0.251. The van der Waals surface area contributed by atoms with Crippen LogP contribution >= 0.6 is 0 Å². The molecule has 1 aromatic carbocycles. The van der Waals surface area contributed by atoms with Gasteiger partial charge >= 0.3 is 18.3 Å². The van der Waals surface area contributed by atoms with Gasteiger partial charge in [-0.2, -0.15) is 26.3 Å². The summed E-state index contributed by atoms with van der Waals surface area (Å²) in [5.74, 6) is -1.90. The molecule has 0 aliphatic heterocycles. The zero-order valence-corrected chi connectivity index (χ0v) is 9.49. The van der Waals surface area contributed by atoms with E-state index in [0.29, 0.717) is 6.07 Å². The van der Waals surface area contributed by atoms with E-state index >= 15 is 0 Å². The van der Waals surface area contributed by atoms with E-state index in [2.05, 4.69) is 0 Å². The molecule has 0 fully saturated rings. The minimum absolute atomic E-state index is 0.178. The van der Waals surface area contributed by atoms with Crippen LogP contribution in [0, 0.1) is 0 Å². The van der Waals surface area contributed by atoms with Crippen molar-refractivity contribution in [2.24, 2.45) is 0 Å². The van der Waals surface area contributed by atoms with E-state index in [0.717, 1.165) is 0 Å². The third kappa shape index (κ3) is 3.18. The van der Waals surface area contributed by atoms with Crippen molar-refractivity contribution in [3.05, 3.63) is 34.4 Å². The molecule has 8 heteroatoms. The van der Waals surface area contributed by atoms with Crippen LogP contribution in [0.1, 0.15) is 34.0 Å². The first kappa shape index (κ1) is 15.3. The molecule has 0 bridgehead atoms. The molecule has 0 saturated carbocycles. The van der Waals surface area contributed by atoms with Gasteiger partial charge in [-0.15, -0.1) is 0 Å². The number of aromatic carboxylic acids is 1. The van der Waals surface area contributed by atoms with Crippen molar-refractivity contribution in [3.63, 3.8) is 0 Å². The zero-order valence-electron chi connectivity index (χ0n) is 9.49. The van der Waals surface area contributed by atoms with E-state index < -0.39 is 40.6 Å². The first-order valence-corrected chi connectivity index (χ1v) is 5.03. The third-order valence-corrected chi connectivity index (χ3v) is 2.45. The lowest BCUT2D eigenvalue weighted by atomic mass is 9.95. The maximum absolute atomic E-state index is 12.7. The molecule has 1 rings (SSSR count). The van der Waals surface area contributed by atoms with Gasteiger partial charge in [0.05, 0.1) is 16.7 Å². The number of hydrogen-bond acceptors (Lipinski definition) is 1. The Morgan fingerprint density at radius 3 is 1.95 bits per heavy atom. The summed E-state index contributed by atoms with van der Waals surface area (Å²) >= 11 is 0. The summed E-state index contributed by atoms with van der Waals surface area (Å²) in [5, 5.41) is 8.75. The van der Waals surface area contributed by atoms with Crippen LogP contribution in [0.3, 0.4) is 0 Å². The van der Waals surface area contributed by atoms with Gasteiger partial charge in [-0.05, 0) is 24.1 Å². The molecule has 1 aromatic rings. The number of carboxylic acids is 1. The van der Waals surface area contributed by atoms with E-state index in [9.17, 15) is 31.1 Å². The second-order valence-electron chi connectivity index (χ2n) is 3.71. The molecule has 1 N–H and O–H groups in total. The average molecular weight is 286 g/mol.